The molecule has 0 spiro atoms. The van der Waals surface area contributed by atoms with Crippen molar-refractivity contribution < 1.29 is 14.3 Å². The maximum atomic E-state index is 12.7. The van der Waals surface area contributed by atoms with E-state index >= 15 is 0 Å². The highest BCUT2D eigenvalue weighted by atomic mass is 35.5. The van der Waals surface area contributed by atoms with E-state index in [0.29, 0.717) is 47.6 Å². The molecule has 2 heterocycles. The molecular formula is C25H30ClN7O3. The number of nitrogens with one attached hydrogen (secondary N) is 2. The van der Waals surface area contributed by atoms with Crippen LogP contribution in [0.4, 0.5) is 23.1 Å². The summed E-state index contributed by atoms with van der Waals surface area (Å²) in [6.45, 7) is 2.43. The highest BCUT2D eigenvalue weighted by Gasteiger charge is 2.47. The number of nitrogens with zero attached hydrogens (tertiary/aromatic N) is 3. The molecule has 10 nitrogen and oxygen atoms in total. The third kappa shape index (κ3) is 4.14. The Morgan fingerprint density at radius 3 is 2.81 bits per heavy atom. The Morgan fingerprint density at radius 1 is 1.31 bits per heavy atom. The van der Waals surface area contributed by atoms with Crippen molar-refractivity contribution in [3.05, 3.63) is 41.1 Å². The lowest BCUT2D eigenvalue weighted by Gasteiger charge is -2.27. The lowest BCUT2D eigenvalue weighted by Crippen LogP contribution is -2.42. The first-order valence-corrected chi connectivity index (χ1v) is 12.5. The van der Waals surface area contributed by atoms with Crippen LogP contribution in [0.1, 0.15) is 25.3 Å². The Bertz CT molecular complexity index is 1240. The molecule has 1 saturated carbocycles. The predicted octanol–water partition coefficient (Wildman–Crippen LogP) is 2.60. The van der Waals surface area contributed by atoms with E-state index in [1.807, 2.05) is 19.1 Å². The number of anilines is 4. The Kier molecular flexibility index (Phi) is 6.48. The van der Waals surface area contributed by atoms with Crippen molar-refractivity contribution in [3.8, 4) is 5.75 Å². The molecule has 1 aromatic carbocycles. The van der Waals surface area contributed by atoms with Gasteiger partial charge in [-0.15, -0.1) is 0 Å². The van der Waals surface area contributed by atoms with Gasteiger partial charge in [0.05, 0.1) is 36.6 Å². The summed E-state index contributed by atoms with van der Waals surface area (Å²) < 4.78 is 5.77. The molecule has 2 aliphatic carbocycles. The molecule has 1 fully saturated rings. The number of hydrogen-bond donors (Lipinski definition) is 4. The Balaban J connectivity index is 1.44. The van der Waals surface area contributed by atoms with E-state index in [9.17, 15) is 9.59 Å². The number of carbonyl (C=O) groups is 2. The van der Waals surface area contributed by atoms with Crippen LogP contribution in [-0.2, 0) is 16.0 Å². The van der Waals surface area contributed by atoms with E-state index in [4.69, 9.17) is 27.8 Å². The number of fused-ring (bicyclic) bond motifs is 3. The number of primary amides is 1. The van der Waals surface area contributed by atoms with E-state index in [-0.39, 0.29) is 35.6 Å². The van der Waals surface area contributed by atoms with Crippen molar-refractivity contribution >= 4 is 46.6 Å². The summed E-state index contributed by atoms with van der Waals surface area (Å²) in [6.07, 6.45) is 7.69. The molecular weight excluding hydrogens is 482 g/mol. The maximum Gasteiger partial charge on any atom is 0.243 e. The maximum absolute atomic E-state index is 12.7. The normalized spacial score (nSPS) is 26.5. The molecule has 6 N–H and O–H groups in total. The molecule has 36 heavy (non-hydrogen) atoms. The fraction of sp³-hybridized carbons (Fsp3) is 0.440. The van der Waals surface area contributed by atoms with E-state index in [2.05, 4.69) is 32.8 Å². The smallest absolute Gasteiger partial charge is 0.243 e. The second-order valence-corrected chi connectivity index (χ2v) is 9.84. The van der Waals surface area contributed by atoms with Crippen molar-refractivity contribution in [2.45, 2.75) is 38.3 Å². The SMILES string of the molecule is CCN1C(=O)[C@@H](N)CCc2c1ccc(Nc1ncc(Cl)c(N[C@H]3[C@@H](C(N)=O)[C@@H]4C=C[C@H]3C4)n1)c2OC. The number of rotatable bonds is 7. The Morgan fingerprint density at radius 2 is 2.08 bits per heavy atom. The molecule has 11 heteroatoms. The van der Waals surface area contributed by atoms with Crippen LogP contribution in [0.5, 0.6) is 5.75 Å². The van der Waals surface area contributed by atoms with Crippen molar-refractivity contribution in [1.82, 2.24) is 9.97 Å². The highest BCUT2D eigenvalue weighted by molar-refractivity contribution is 6.32. The number of amides is 2. The molecule has 1 aromatic heterocycles. The molecule has 0 unspecified atom stereocenters. The van der Waals surface area contributed by atoms with Crippen LogP contribution >= 0.6 is 11.6 Å². The van der Waals surface area contributed by atoms with E-state index in [1.54, 1.807) is 12.0 Å². The number of nitrogens with two attached hydrogens (primary N) is 2. The van der Waals surface area contributed by atoms with Crippen LogP contribution < -0.4 is 31.7 Å². The minimum Gasteiger partial charge on any atom is -0.494 e. The summed E-state index contributed by atoms with van der Waals surface area (Å²) >= 11 is 6.41. The quantitative estimate of drug-likeness (QED) is 0.414. The minimum absolute atomic E-state index is 0.0968. The van der Waals surface area contributed by atoms with Crippen molar-refractivity contribution in [1.29, 1.82) is 0 Å². The van der Waals surface area contributed by atoms with Gasteiger partial charge in [0.15, 0.2) is 5.82 Å². The van der Waals surface area contributed by atoms with Crippen molar-refractivity contribution in [2.75, 3.05) is 29.2 Å². The lowest BCUT2D eigenvalue weighted by atomic mass is 9.88. The summed E-state index contributed by atoms with van der Waals surface area (Å²) in [6, 6.07) is 2.98. The number of allylic oxidation sites excluding steroid dienone is 1. The van der Waals surface area contributed by atoms with Gasteiger partial charge in [0.1, 0.15) is 10.8 Å². The molecule has 2 aromatic rings. The average Bonchev–Trinajstić information content (AvgIpc) is 3.44. The molecule has 0 saturated heterocycles. The van der Waals surface area contributed by atoms with Gasteiger partial charge in [-0.25, -0.2) is 4.98 Å². The van der Waals surface area contributed by atoms with Gasteiger partial charge >= 0.3 is 0 Å². The summed E-state index contributed by atoms with van der Waals surface area (Å²) in [4.78, 5) is 35.4. The van der Waals surface area contributed by atoms with Gasteiger partial charge in [-0.05, 0) is 50.2 Å². The molecule has 190 valence electrons. The highest BCUT2D eigenvalue weighted by Crippen LogP contribution is 2.45. The molecule has 2 bridgehead atoms. The van der Waals surface area contributed by atoms with Gasteiger partial charge in [0.2, 0.25) is 17.8 Å². The van der Waals surface area contributed by atoms with Gasteiger partial charge in [-0.2, -0.15) is 4.98 Å². The zero-order valence-corrected chi connectivity index (χ0v) is 21.0. The topological polar surface area (TPSA) is 148 Å². The number of benzene rings is 1. The second-order valence-electron chi connectivity index (χ2n) is 9.43. The van der Waals surface area contributed by atoms with Gasteiger partial charge in [-0.3, -0.25) is 9.59 Å². The van der Waals surface area contributed by atoms with E-state index in [0.717, 1.165) is 17.7 Å². The predicted molar refractivity (Wildman–Crippen MR) is 138 cm³/mol. The largest absolute Gasteiger partial charge is 0.494 e. The number of halogens is 1. The summed E-state index contributed by atoms with van der Waals surface area (Å²) in [5, 5.41) is 6.91. The first-order valence-electron chi connectivity index (χ1n) is 12.1. The van der Waals surface area contributed by atoms with E-state index in [1.165, 1.54) is 6.20 Å². The standard InChI is InChI=1S/C25H30ClN7O3/c1-3-33-18-9-8-17(21(36-2)14(18)6-7-16(27)24(33)35)30-25-29-11-15(26)23(32-25)31-20-13-5-4-12(10-13)19(20)22(28)34/h4-5,8-9,11-13,16,19-20H,3,6-7,10,27H2,1-2H3,(H2,28,34)(H2,29,30,31,32)/t12-,13+,16+,19+,20-/m1/s1. The Labute approximate surface area is 214 Å². The lowest BCUT2D eigenvalue weighted by molar-refractivity contribution is -0.122. The molecule has 3 aliphatic rings. The van der Waals surface area contributed by atoms with Gasteiger partial charge in [0.25, 0.3) is 0 Å². The van der Waals surface area contributed by atoms with Crippen LogP contribution in [0.2, 0.25) is 5.02 Å². The molecule has 1 aliphatic heterocycles. The monoisotopic (exact) mass is 511 g/mol. The van der Waals surface area contributed by atoms with Crippen LogP contribution in [0.15, 0.2) is 30.5 Å². The van der Waals surface area contributed by atoms with Crippen molar-refractivity contribution in [3.63, 3.8) is 0 Å². The third-order valence-electron chi connectivity index (χ3n) is 7.42. The average molecular weight is 512 g/mol. The number of ether oxygens (including phenoxy) is 1. The van der Waals surface area contributed by atoms with Gasteiger partial charge in [-0.1, -0.05) is 23.8 Å². The molecule has 0 radical (unpaired) electrons. The summed E-state index contributed by atoms with van der Waals surface area (Å²) in [5.74, 6) is 0.917. The number of methoxy groups -OCH3 is 1. The fourth-order valence-electron chi connectivity index (χ4n) is 5.73. The third-order valence-corrected chi connectivity index (χ3v) is 7.69. The number of likely N-dealkylation sites (N-methyl/N-ethyl adjacent to an activating group) is 1. The van der Waals surface area contributed by atoms with Crippen LogP contribution in [0, 0.1) is 17.8 Å². The van der Waals surface area contributed by atoms with Crippen molar-refractivity contribution in [2.24, 2.45) is 29.2 Å². The molecule has 5 atom stereocenters. The first-order chi connectivity index (χ1) is 17.3. The van der Waals surface area contributed by atoms with Gasteiger partial charge < -0.3 is 31.7 Å². The number of hydrogen-bond acceptors (Lipinski definition) is 8. The van der Waals surface area contributed by atoms with Crippen LogP contribution in [0.3, 0.4) is 0 Å². The summed E-state index contributed by atoms with van der Waals surface area (Å²) in [7, 11) is 1.59. The second kappa shape index (κ2) is 9.59. The summed E-state index contributed by atoms with van der Waals surface area (Å²) in [5.41, 5.74) is 14.1. The number of carbonyl (C=O) groups excluding carboxylic acids is 2. The van der Waals surface area contributed by atoms with Gasteiger partial charge in [0, 0.05) is 18.2 Å². The number of aromatic nitrogens is 2. The Hall–Kier alpha value is -3.37. The fourth-order valence-corrected chi connectivity index (χ4v) is 5.87. The van der Waals surface area contributed by atoms with E-state index < -0.39 is 6.04 Å². The zero-order chi connectivity index (χ0) is 25.6. The minimum atomic E-state index is -0.559. The molecule has 5 rings (SSSR count). The van der Waals surface area contributed by atoms with Crippen LogP contribution in [-0.4, -0.2) is 47.5 Å². The zero-order valence-electron chi connectivity index (χ0n) is 20.2. The first kappa shape index (κ1) is 24.3. The van der Waals surface area contributed by atoms with Crippen LogP contribution in [0.25, 0.3) is 0 Å². The molecule has 2 amide bonds.